The van der Waals surface area contributed by atoms with Crippen molar-refractivity contribution >= 4 is 101 Å². The normalized spacial score (nSPS) is 11.7. The maximum Gasteiger partial charge on any atom is 0.245 e. The number of nitrogens with zero attached hydrogens (tertiary/aromatic N) is 9. The molecule has 0 aliphatic carbocycles. The zero-order chi connectivity index (χ0) is 53.9. The van der Waals surface area contributed by atoms with Crippen molar-refractivity contribution in [1.82, 2.24) is 15.0 Å². The average Bonchev–Trinajstić information content (AvgIpc) is 4.07. The minimum atomic E-state index is -0.126. The number of benzene rings is 10. The minimum absolute atomic E-state index is 0. The fourth-order valence-electron chi connectivity index (χ4n) is 9.32. The van der Waals surface area contributed by atoms with Gasteiger partial charge in [0.15, 0.2) is 5.75 Å². The van der Waals surface area contributed by atoms with Crippen molar-refractivity contribution in [2.75, 3.05) is 5.32 Å². The molecule has 15 heteroatoms. The van der Waals surface area contributed by atoms with Gasteiger partial charge in [0.2, 0.25) is 5.69 Å². The van der Waals surface area contributed by atoms with Gasteiger partial charge in [0, 0.05) is 73.3 Å². The predicted octanol–water partition coefficient (Wildman–Crippen LogP) is 18.0. The topological polar surface area (TPSA) is 203 Å². The van der Waals surface area contributed by atoms with Crippen molar-refractivity contribution in [2.24, 2.45) is 25.6 Å². The second-order valence-corrected chi connectivity index (χ2v) is 18.9. The van der Waals surface area contributed by atoms with E-state index in [9.17, 15) is 15.4 Å². The first-order valence-electron chi connectivity index (χ1n) is 25.5. The molecule has 1 aromatic heterocycles. The quantitative estimate of drug-likeness (QED) is 0.0378. The molecule has 0 aliphatic heterocycles. The minimum Gasteiger partial charge on any atom is -0.594 e. The van der Waals surface area contributed by atoms with Crippen LogP contribution in [0.25, 0.3) is 61.2 Å². The Kier molecular flexibility index (Phi) is 16.9. The number of fused-ring (bicyclic) bond motifs is 5. The predicted molar refractivity (Wildman–Crippen MR) is 316 cm³/mol. The van der Waals surface area contributed by atoms with Crippen LogP contribution in [0, 0.1) is 46.7 Å². The Balaban J connectivity index is 0.00000203. The first-order valence-corrected chi connectivity index (χ1v) is 25.5. The van der Waals surface area contributed by atoms with Crippen molar-refractivity contribution in [3.05, 3.63) is 214 Å². The largest absolute Gasteiger partial charge is 0.594 e. The van der Waals surface area contributed by atoms with Gasteiger partial charge in [-0.25, -0.2) is 0 Å². The number of aryl methyl sites for hydroxylation is 6. The number of rotatable bonds is 11. The van der Waals surface area contributed by atoms with E-state index in [4.69, 9.17) is 10.2 Å². The molecule has 0 bridgehead atoms. The second kappa shape index (κ2) is 23.9. The molecule has 1 radical (unpaired) electrons. The van der Waals surface area contributed by atoms with E-state index < -0.39 is 0 Å². The Morgan fingerprint density at radius 2 is 1.18 bits per heavy atom. The Labute approximate surface area is 468 Å². The van der Waals surface area contributed by atoms with E-state index in [-0.39, 0.29) is 39.7 Å². The number of phenolic OH excluding ortho intramolecular Hbond substituents is 2. The Hall–Kier alpha value is -9.40. The first-order chi connectivity index (χ1) is 37.3. The third-order valence-electron chi connectivity index (χ3n) is 13.4. The molecule has 11 aromatic rings. The summed E-state index contributed by atoms with van der Waals surface area (Å²) in [7, 11) is 0. The molecule has 0 unspecified atom stereocenters. The number of hydrogen-bond acceptors (Lipinski definition) is 11. The van der Waals surface area contributed by atoms with E-state index in [0.717, 1.165) is 88.6 Å². The van der Waals surface area contributed by atoms with E-state index in [1.54, 1.807) is 23.0 Å². The van der Waals surface area contributed by atoms with Gasteiger partial charge in [-0.05, 0) is 177 Å². The maximum atomic E-state index is 13.3. The molecule has 0 saturated carbocycles. The molecule has 0 atom stereocenters. The van der Waals surface area contributed by atoms with Crippen molar-refractivity contribution in [1.29, 1.82) is 0 Å². The summed E-state index contributed by atoms with van der Waals surface area (Å²) in [6.45, 7) is 16.0. The summed E-state index contributed by atoms with van der Waals surface area (Å²) in [4.78, 5) is 2.25. The number of nitrogens with one attached hydrogen (secondary N) is 1. The summed E-state index contributed by atoms with van der Waals surface area (Å²) in [5.41, 5.74) is 14.8. The number of anilines is 2. The SMILES string of the molecule is CC.Cc1ccc(Nc2ccc3c(O)c(N=Nc4c(O)cc(N=Nc5ccc(C=Cc6ccc([N+]([O-])=Nc7ccc(-n8nc9cc(C)c%10ccccc%10c9n8)cc7)cc6C)c(C)c5)c5cc(C)ccc45)c(C)cc3c2)cc1.O.[Cu]. The van der Waals surface area contributed by atoms with Crippen molar-refractivity contribution in [3.63, 3.8) is 0 Å². The summed E-state index contributed by atoms with van der Waals surface area (Å²) >= 11 is 0. The van der Waals surface area contributed by atoms with Crippen LogP contribution in [0.1, 0.15) is 58.4 Å². The summed E-state index contributed by atoms with van der Waals surface area (Å²) in [6.07, 6.45) is 4.05. The summed E-state index contributed by atoms with van der Waals surface area (Å²) in [6, 6.07) is 52.0. The van der Waals surface area contributed by atoms with E-state index >= 15 is 0 Å². The molecule has 399 valence electrons. The Morgan fingerprint density at radius 3 is 1.90 bits per heavy atom. The van der Waals surface area contributed by atoms with Gasteiger partial charge < -0.3 is 26.2 Å². The third-order valence-corrected chi connectivity index (χ3v) is 13.4. The molecule has 0 fully saturated rings. The Morgan fingerprint density at radius 1 is 0.532 bits per heavy atom. The van der Waals surface area contributed by atoms with Gasteiger partial charge in [-0.15, -0.1) is 25.5 Å². The number of phenols is 2. The molecule has 10 aromatic carbocycles. The molecule has 0 saturated heterocycles. The maximum absolute atomic E-state index is 13.3. The fraction of sp³-hybridized carbons (Fsp3) is 0.125. The van der Waals surface area contributed by atoms with Crippen LogP contribution in [-0.4, -0.2) is 35.5 Å². The van der Waals surface area contributed by atoms with Gasteiger partial charge in [-0.2, -0.15) is 9.91 Å². The van der Waals surface area contributed by atoms with Crippen LogP contribution >= 0.6 is 0 Å². The summed E-state index contributed by atoms with van der Waals surface area (Å²) in [5, 5.41) is 76.6. The molecule has 0 spiro atoms. The fourth-order valence-corrected chi connectivity index (χ4v) is 9.32. The van der Waals surface area contributed by atoms with Gasteiger partial charge in [0.25, 0.3) is 0 Å². The number of azo groups is 3. The van der Waals surface area contributed by atoms with Crippen molar-refractivity contribution in [2.45, 2.75) is 55.4 Å². The number of hydrogen-bond donors (Lipinski definition) is 3. The average molecular weight is 1090 g/mol. The van der Waals surface area contributed by atoms with Crippen molar-refractivity contribution < 1.29 is 37.6 Å². The third kappa shape index (κ3) is 11.8. The summed E-state index contributed by atoms with van der Waals surface area (Å²) in [5.74, 6) is -0.122. The van der Waals surface area contributed by atoms with Gasteiger partial charge >= 0.3 is 0 Å². The second-order valence-electron chi connectivity index (χ2n) is 18.9. The van der Waals surface area contributed by atoms with Crippen LogP contribution in [-0.2, 0) is 17.1 Å². The first kappa shape index (κ1) is 55.8. The van der Waals surface area contributed by atoms with Gasteiger partial charge in [0.05, 0.1) is 17.1 Å². The van der Waals surface area contributed by atoms with E-state index in [2.05, 4.69) is 75.1 Å². The van der Waals surface area contributed by atoms with Crippen LogP contribution in [0.4, 0.5) is 45.5 Å². The van der Waals surface area contributed by atoms with Crippen molar-refractivity contribution in [3.8, 4) is 17.2 Å². The Bertz CT molecular complexity index is 4210. The summed E-state index contributed by atoms with van der Waals surface area (Å²) < 4.78 is 0. The molecule has 14 nitrogen and oxygen atoms in total. The molecular formula is C64H58CuN10O4. The zero-order valence-corrected chi connectivity index (χ0v) is 45.8. The standard InChI is InChI=1S/C62H50N10O3.C2H6.Cu.H2O/c1-36-11-18-45(19-12-36)63-47-23-28-52-44(34-47)30-41(6)59(62(52)74)66-67-61-54-27-13-37(2)29-55(54)56(35-58(61)73)65-64-48-20-16-42(38(3)31-48)14-15-43-17-24-50(32-39(43)4)72(75)68-46-21-25-49(26-22-46)71-69-57-33-40(5)51-9-7-8-10-53(51)60(57)70-71;1-2;;/h7-35,63,73-74H,1-6H3;1-2H3;;1H2. The van der Waals surface area contributed by atoms with Crippen LogP contribution in [0.5, 0.6) is 11.5 Å². The van der Waals surface area contributed by atoms with Gasteiger partial charge in [-0.1, -0.05) is 96.6 Å². The van der Waals surface area contributed by atoms with E-state index in [0.29, 0.717) is 44.1 Å². The molecule has 1 heterocycles. The van der Waals surface area contributed by atoms with Gasteiger partial charge in [-0.3, -0.25) is 0 Å². The van der Waals surface area contributed by atoms with Crippen LogP contribution in [0.3, 0.4) is 0 Å². The molecule has 79 heavy (non-hydrogen) atoms. The smallest absolute Gasteiger partial charge is 0.245 e. The van der Waals surface area contributed by atoms with Gasteiger partial charge in [0.1, 0.15) is 33.8 Å². The molecule has 11 rings (SSSR count). The van der Waals surface area contributed by atoms with Crippen LogP contribution in [0.15, 0.2) is 189 Å². The van der Waals surface area contributed by atoms with E-state index in [1.807, 2.05) is 163 Å². The zero-order valence-electron chi connectivity index (χ0n) is 44.9. The van der Waals surface area contributed by atoms with Crippen LogP contribution < -0.4 is 5.32 Å². The molecule has 0 amide bonds. The monoisotopic (exact) mass is 1090 g/mol. The van der Waals surface area contributed by atoms with Crippen LogP contribution in [0.2, 0.25) is 0 Å². The number of aromatic nitrogens is 3. The molecule has 0 aliphatic rings. The molecule has 5 N–H and O–H groups in total. The molecular weight excluding hydrogens is 1040 g/mol. The van der Waals surface area contributed by atoms with E-state index in [1.165, 1.54) is 11.6 Å². The number of aromatic hydroxyl groups is 2.